The molecule has 19 heavy (non-hydrogen) atoms. The largest absolute Gasteiger partial charge is 0.324 e. The zero-order valence-electron chi connectivity index (χ0n) is 11.6. The second kappa shape index (κ2) is 5.70. The zero-order chi connectivity index (χ0) is 13.9. The maximum absolute atomic E-state index is 13.1. The molecule has 1 heterocycles. The van der Waals surface area contributed by atoms with Crippen LogP contribution in [0.2, 0.25) is 0 Å². The summed E-state index contributed by atoms with van der Waals surface area (Å²) in [6, 6.07) is 4.43. The Morgan fingerprint density at radius 1 is 1.53 bits per heavy atom. The molecule has 1 atom stereocenters. The van der Waals surface area contributed by atoms with Crippen molar-refractivity contribution in [1.29, 1.82) is 0 Å². The smallest absolute Gasteiger partial charge is 0.244 e. The van der Waals surface area contributed by atoms with Crippen molar-refractivity contribution in [2.24, 2.45) is 0 Å². The molecule has 1 saturated heterocycles. The average molecular weight is 264 g/mol. The zero-order valence-corrected chi connectivity index (χ0v) is 11.6. The summed E-state index contributed by atoms with van der Waals surface area (Å²) in [7, 11) is 0. The highest BCUT2D eigenvalue weighted by molar-refractivity contribution is 5.98. The molecule has 2 N–H and O–H groups in total. The number of benzene rings is 1. The highest BCUT2D eigenvalue weighted by atomic mass is 19.1. The predicted molar refractivity (Wildman–Crippen MR) is 74.6 cm³/mol. The molecule has 2 rings (SSSR count). The third kappa shape index (κ3) is 2.95. The van der Waals surface area contributed by atoms with E-state index in [2.05, 4.69) is 17.6 Å². The number of halogens is 1. The fraction of sp³-hybridized carbons (Fsp3) is 0.533. The van der Waals surface area contributed by atoms with E-state index in [4.69, 9.17) is 0 Å². The highest BCUT2D eigenvalue weighted by Crippen LogP contribution is 2.27. The van der Waals surface area contributed by atoms with Gasteiger partial charge in [-0.15, -0.1) is 0 Å². The highest BCUT2D eigenvalue weighted by Gasteiger charge is 2.39. The summed E-state index contributed by atoms with van der Waals surface area (Å²) in [5.41, 5.74) is 0.990. The second-order valence-corrected chi connectivity index (χ2v) is 5.28. The molecular formula is C15H21FN2O. The van der Waals surface area contributed by atoms with Crippen LogP contribution in [-0.4, -0.2) is 18.0 Å². The minimum absolute atomic E-state index is 0.00144. The minimum atomic E-state index is -0.449. The SMILES string of the molecule is CCCC1(C(=O)Nc2ccc(F)cc2C)CCCN1. The van der Waals surface area contributed by atoms with E-state index >= 15 is 0 Å². The Morgan fingerprint density at radius 3 is 2.89 bits per heavy atom. The fourth-order valence-electron chi connectivity index (χ4n) is 2.76. The van der Waals surface area contributed by atoms with Crippen LogP contribution >= 0.6 is 0 Å². The topological polar surface area (TPSA) is 41.1 Å². The summed E-state index contributed by atoms with van der Waals surface area (Å²) in [5, 5.41) is 6.27. The number of hydrogen-bond donors (Lipinski definition) is 2. The maximum atomic E-state index is 13.1. The van der Waals surface area contributed by atoms with Crippen molar-refractivity contribution >= 4 is 11.6 Å². The monoisotopic (exact) mass is 264 g/mol. The number of rotatable bonds is 4. The molecule has 1 aliphatic heterocycles. The van der Waals surface area contributed by atoms with E-state index in [1.54, 1.807) is 13.0 Å². The molecule has 0 aromatic heterocycles. The Balaban J connectivity index is 2.15. The number of aryl methyl sites for hydroxylation is 1. The summed E-state index contributed by atoms with van der Waals surface area (Å²) in [5.74, 6) is -0.278. The van der Waals surface area contributed by atoms with Crippen molar-refractivity contribution in [3.05, 3.63) is 29.6 Å². The Morgan fingerprint density at radius 2 is 2.32 bits per heavy atom. The van der Waals surface area contributed by atoms with E-state index in [-0.39, 0.29) is 11.7 Å². The van der Waals surface area contributed by atoms with E-state index in [0.29, 0.717) is 5.69 Å². The quantitative estimate of drug-likeness (QED) is 0.877. The number of carbonyl (C=O) groups is 1. The molecule has 0 saturated carbocycles. The molecule has 1 fully saturated rings. The summed E-state index contributed by atoms with van der Waals surface area (Å²) < 4.78 is 13.1. The molecule has 104 valence electrons. The van der Waals surface area contributed by atoms with Crippen molar-refractivity contribution in [1.82, 2.24) is 5.32 Å². The van der Waals surface area contributed by atoms with Crippen LogP contribution in [0.3, 0.4) is 0 Å². The Labute approximate surface area is 113 Å². The van der Waals surface area contributed by atoms with Gasteiger partial charge in [0.25, 0.3) is 0 Å². The molecule has 1 amide bonds. The summed E-state index contributed by atoms with van der Waals surface area (Å²) in [6.45, 7) is 4.77. The molecular weight excluding hydrogens is 243 g/mol. The molecule has 4 heteroatoms. The predicted octanol–water partition coefficient (Wildman–Crippen LogP) is 2.99. The van der Waals surface area contributed by atoms with Crippen LogP contribution in [0, 0.1) is 12.7 Å². The van der Waals surface area contributed by atoms with Gasteiger partial charge < -0.3 is 10.6 Å². The normalized spacial score (nSPS) is 22.5. The third-order valence-corrected chi connectivity index (χ3v) is 3.79. The number of carbonyl (C=O) groups excluding carboxylic acids is 1. The number of amides is 1. The van der Waals surface area contributed by atoms with Crippen LogP contribution in [0.25, 0.3) is 0 Å². The maximum Gasteiger partial charge on any atom is 0.244 e. The lowest BCUT2D eigenvalue weighted by molar-refractivity contribution is -0.122. The molecule has 1 aliphatic rings. The van der Waals surface area contributed by atoms with Gasteiger partial charge in [-0.2, -0.15) is 0 Å². The van der Waals surface area contributed by atoms with Crippen molar-refractivity contribution in [2.75, 3.05) is 11.9 Å². The average Bonchev–Trinajstić information content (AvgIpc) is 2.83. The van der Waals surface area contributed by atoms with Gasteiger partial charge in [0.1, 0.15) is 5.82 Å². The van der Waals surface area contributed by atoms with Gasteiger partial charge in [-0.1, -0.05) is 13.3 Å². The van der Waals surface area contributed by atoms with Crippen molar-refractivity contribution in [3.63, 3.8) is 0 Å². The van der Waals surface area contributed by atoms with Crippen LogP contribution in [0.5, 0.6) is 0 Å². The van der Waals surface area contributed by atoms with Crippen LogP contribution in [0.4, 0.5) is 10.1 Å². The van der Waals surface area contributed by atoms with E-state index in [1.807, 2.05) is 0 Å². The lowest BCUT2D eigenvalue weighted by Gasteiger charge is -2.28. The summed E-state index contributed by atoms with van der Waals surface area (Å²) in [6.07, 6.45) is 3.69. The fourth-order valence-corrected chi connectivity index (χ4v) is 2.76. The van der Waals surface area contributed by atoms with Gasteiger partial charge in [0, 0.05) is 5.69 Å². The molecule has 0 bridgehead atoms. The van der Waals surface area contributed by atoms with Gasteiger partial charge in [0.05, 0.1) is 5.54 Å². The number of anilines is 1. The third-order valence-electron chi connectivity index (χ3n) is 3.79. The van der Waals surface area contributed by atoms with E-state index < -0.39 is 5.54 Å². The number of nitrogens with one attached hydrogen (secondary N) is 2. The van der Waals surface area contributed by atoms with Crippen molar-refractivity contribution in [2.45, 2.75) is 45.1 Å². The molecule has 1 unspecified atom stereocenters. The first-order valence-corrected chi connectivity index (χ1v) is 6.90. The van der Waals surface area contributed by atoms with Crippen LogP contribution in [0.15, 0.2) is 18.2 Å². The standard InChI is InChI=1S/C15H21FN2O/c1-3-7-15(8-4-9-17-15)14(19)18-13-6-5-12(16)10-11(13)2/h5-6,10,17H,3-4,7-9H2,1-2H3,(H,18,19). The number of hydrogen-bond acceptors (Lipinski definition) is 2. The van der Waals surface area contributed by atoms with Crippen molar-refractivity contribution < 1.29 is 9.18 Å². The van der Waals surface area contributed by atoms with Gasteiger partial charge in [-0.25, -0.2) is 4.39 Å². The molecule has 1 aromatic carbocycles. The van der Waals surface area contributed by atoms with Gasteiger partial charge >= 0.3 is 0 Å². The molecule has 1 aromatic rings. The summed E-state index contributed by atoms with van der Waals surface area (Å²) in [4.78, 5) is 12.5. The van der Waals surface area contributed by atoms with Gasteiger partial charge in [0.15, 0.2) is 0 Å². The summed E-state index contributed by atoms with van der Waals surface area (Å²) >= 11 is 0. The van der Waals surface area contributed by atoms with Crippen molar-refractivity contribution in [3.8, 4) is 0 Å². The van der Waals surface area contributed by atoms with Gasteiger partial charge in [0.2, 0.25) is 5.91 Å². The molecule has 3 nitrogen and oxygen atoms in total. The first-order chi connectivity index (χ1) is 9.07. The Hall–Kier alpha value is -1.42. The Kier molecular flexibility index (Phi) is 4.20. The second-order valence-electron chi connectivity index (χ2n) is 5.28. The first-order valence-electron chi connectivity index (χ1n) is 6.90. The van der Waals surface area contributed by atoms with Gasteiger partial charge in [-0.05, 0) is 56.5 Å². The van der Waals surface area contributed by atoms with E-state index in [0.717, 1.165) is 37.8 Å². The van der Waals surface area contributed by atoms with Crippen LogP contribution < -0.4 is 10.6 Å². The Bertz CT molecular complexity index is 467. The minimum Gasteiger partial charge on any atom is -0.324 e. The lowest BCUT2D eigenvalue weighted by atomic mass is 9.90. The molecule has 0 spiro atoms. The lowest BCUT2D eigenvalue weighted by Crippen LogP contribution is -2.50. The van der Waals surface area contributed by atoms with Crippen LogP contribution in [0.1, 0.15) is 38.2 Å². The molecule has 0 aliphatic carbocycles. The van der Waals surface area contributed by atoms with E-state index in [9.17, 15) is 9.18 Å². The first kappa shape index (κ1) is 14.0. The van der Waals surface area contributed by atoms with E-state index in [1.165, 1.54) is 12.1 Å². The van der Waals surface area contributed by atoms with Crippen LogP contribution in [-0.2, 0) is 4.79 Å². The van der Waals surface area contributed by atoms with Gasteiger partial charge in [-0.3, -0.25) is 4.79 Å². The molecule has 0 radical (unpaired) electrons.